The highest BCUT2D eigenvalue weighted by molar-refractivity contribution is 8.27. The Bertz CT molecular complexity index is 1090. The van der Waals surface area contributed by atoms with Crippen LogP contribution >= 0.6 is 47.2 Å². The number of hydrogen-bond donors (Lipinski definition) is 0. The molecule has 0 spiro atoms. The number of carbonyl (C=O) groups excluding carboxylic acids is 1. The van der Waals surface area contributed by atoms with Gasteiger partial charge in [0.2, 0.25) is 0 Å². The van der Waals surface area contributed by atoms with E-state index in [-0.39, 0.29) is 5.91 Å². The number of nitrogens with zero attached hydrogens (tertiary/aromatic N) is 1. The van der Waals surface area contributed by atoms with Crippen molar-refractivity contribution in [1.82, 2.24) is 0 Å². The van der Waals surface area contributed by atoms with Crippen LogP contribution in [0.15, 0.2) is 70.0 Å². The summed E-state index contributed by atoms with van der Waals surface area (Å²) in [5.41, 5.74) is 1.44. The minimum absolute atomic E-state index is 0.206. The Balaban J connectivity index is 1.63. The molecule has 0 aliphatic carbocycles. The zero-order valence-corrected chi connectivity index (χ0v) is 16.8. The molecule has 0 N–H and O–H groups in total. The van der Waals surface area contributed by atoms with E-state index in [1.54, 1.807) is 42.5 Å². The van der Waals surface area contributed by atoms with Gasteiger partial charge in [0.1, 0.15) is 11.5 Å². The second-order valence-corrected chi connectivity index (χ2v) is 8.20. The van der Waals surface area contributed by atoms with Crippen LogP contribution < -0.4 is 4.90 Å². The fraction of sp³-hybridized carbons (Fsp3) is 0. The number of thiocarbonyl (C=S) groups is 1. The van der Waals surface area contributed by atoms with Gasteiger partial charge in [0, 0.05) is 16.7 Å². The van der Waals surface area contributed by atoms with Crippen molar-refractivity contribution in [2.24, 2.45) is 0 Å². The number of anilines is 1. The monoisotopic (exact) mass is 431 g/mol. The molecule has 1 aliphatic rings. The van der Waals surface area contributed by atoms with Crippen LogP contribution in [-0.2, 0) is 4.79 Å². The SMILES string of the molecule is O=C1C(=Cc2ccc(-c3ccccc3Cl)o2)SC(=S)N1c1cccc(Cl)c1. The van der Waals surface area contributed by atoms with Crippen molar-refractivity contribution < 1.29 is 9.21 Å². The van der Waals surface area contributed by atoms with Crippen molar-refractivity contribution in [3.63, 3.8) is 0 Å². The minimum Gasteiger partial charge on any atom is -0.457 e. The Kier molecular flexibility index (Phi) is 5.10. The van der Waals surface area contributed by atoms with E-state index in [0.717, 1.165) is 5.56 Å². The molecule has 134 valence electrons. The van der Waals surface area contributed by atoms with Crippen molar-refractivity contribution in [3.8, 4) is 11.3 Å². The normalized spacial score (nSPS) is 15.8. The third-order valence-corrected chi connectivity index (χ3v) is 5.77. The van der Waals surface area contributed by atoms with Crippen molar-refractivity contribution in [1.29, 1.82) is 0 Å². The molecule has 2 heterocycles. The van der Waals surface area contributed by atoms with Gasteiger partial charge in [-0.25, -0.2) is 0 Å². The van der Waals surface area contributed by atoms with Gasteiger partial charge in [-0.3, -0.25) is 9.69 Å². The Hall–Kier alpha value is -2.05. The molecular formula is C20H11Cl2NO2S2. The van der Waals surface area contributed by atoms with Crippen LogP contribution in [0, 0.1) is 0 Å². The summed E-state index contributed by atoms with van der Waals surface area (Å²) < 4.78 is 6.30. The van der Waals surface area contributed by atoms with Crippen LogP contribution in [0.4, 0.5) is 5.69 Å². The van der Waals surface area contributed by atoms with Gasteiger partial charge in [-0.05, 0) is 42.5 Å². The maximum absolute atomic E-state index is 12.8. The van der Waals surface area contributed by atoms with E-state index in [1.807, 2.05) is 24.3 Å². The third-order valence-electron chi connectivity index (χ3n) is 3.90. The first kappa shape index (κ1) is 18.3. The van der Waals surface area contributed by atoms with Crippen LogP contribution in [0.3, 0.4) is 0 Å². The molecule has 1 saturated heterocycles. The molecule has 3 aromatic rings. The molecule has 2 aromatic carbocycles. The Morgan fingerprint density at radius 3 is 2.63 bits per heavy atom. The van der Waals surface area contributed by atoms with Crippen LogP contribution in [-0.4, -0.2) is 10.2 Å². The van der Waals surface area contributed by atoms with Crippen molar-refractivity contribution in [2.75, 3.05) is 4.90 Å². The van der Waals surface area contributed by atoms with Gasteiger partial charge in [-0.2, -0.15) is 0 Å². The first-order valence-corrected chi connectivity index (χ1v) is 9.89. The Labute approximate surface area is 175 Å². The van der Waals surface area contributed by atoms with E-state index < -0.39 is 0 Å². The molecule has 0 bridgehead atoms. The zero-order chi connectivity index (χ0) is 19.0. The van der Waals surface area contributed by atoms with E-state index in [0.29, 0.717) is 36.5 Å². The highest BCUT2D eigenvalue weighted by atomic mass is 35.5. The van der Waals surface area contributed by atoms with Gasteiger partial charge in [0.05, 0.1) is 15.6 Å². The van der Waals surface area contributed by atoms with Gasteiger partial charge < -0.3 is 4.42 Å². The molecular weight excluding hydrogens is 421 g/mol. The number of halogens is 2. The van der Waals surface area contributed by atoms with Gasteiger partial charge in [-0.1, -0.05) is 65.4 Å². The molecule has 7 heteroatoms. The quantitative estimate of drug-likeness (QED) is 0.342. The number of rotatable bonds is 3. The number of benzene rings is 2. The predicted molar refractivity (Wildman–Crippen MR) is 116 cm³/mol. The minimum atomic E-state index is -0.206. The van der Waals surface area contributed by atoms with Crippen molar-refractivity contribution in [3.05, 3.63) is 81.4 Å². The van der Waals surface area contributed by atoms with Crippen LogP contribution in [0.25, 0.3) is 17.4 Å². The fourth-order valence-electron chi connectivity index (χ4n) is 2.67. The van der Waals surface area contributed by atoms with Gasteiger partial charge >= 0.3 is 0 Å². The summed E-state index contributed by atoms with van der Waals surface area (Å²) >= 11 is 18.8. The third kappa shape index (κ3) is 3.69. The van der Waals surface area contributed by atoms with E-state index >= 15 is 0 Å². The maximum atomic E-state index is 12.8. The Morgan fingerprint density at radius 2 is 1.85 bits per heavy atom. The number of hydrogen-bond acceptors (Lipinski definition) is 4. The highest BCUT2D eigenvalue weighted by Gasteiger charge is 2.33. The second-order valence-electron chi connectivity index (χ2n) is 5.68. The summed E-state index contributed by atoms with van der Waals surface area (Å²) in [5.74, 6) is 0.983. The summed E-state index contributed by atoms with van der Waals surface area (Å²) in [6.07, 6.45) is 1.68. The molecule has 0 radical (unpaired) electrons. The summed E-state index contributed by atoms with van der Waals surface area (Å²) in [6, 6.07) is 18.1. The largest absolute Gasteiger partial charge is 0.457 e. The first-order valence-electron chi connectivity index (χ1n) is 7.91. The summed E-state index contributed by atoms with van der Waals surface area (Å²) in [6.45, 7) is 0. The average molecular weight is 432 g/mol. The molecule has 27 heavy (non-hydrogen) atoms. The van der Waals surface area contributed by atoms with E-state index in [1.165, 1.54) is 16.7 Å². The van der Waals surface area contributed by atoms with Crippen LogP contribution in [0.5, 0.6) is 0 Å². The summed E-state index contributed by atoms with van der Waals surface area (Å²) in [4.78, 5) is 14.8. The fourth-order valence-corrected chi connectivity index (χ4v) is 4.36. The number of thioether (sulfide) groups is 1. The summed E-state index contributed by atoms with van der Waals surface area (Å²) in [7, 11) is 0. The van der Waals surface area contributed by atoms with Gasteiger partial charge in [0.15, 0.2) is 4.32 Å². The molecule has 0 saturated carbocycles. The molecule has 1 amide bonds. The molecule has 4 rings (SSSR count). The summed E-state index contributed by atoms with van der Waals surface area (Å²) in [5, 5.41) is 1.15. The lowest BCUT2D eigenvalue weighted by Gasteiger charge is -2.14. The van der Waals surface area contributed by atoms with E-state index in [2.05, 4.69) is 0 Å². The Morgan fingerprint density at radius 1 is 1.04 bits per heavy atom. The zero-order valence-electron chi connectivity index (χ0n) is 13.7. The van der Waals surface area contributed by atoms with Crippen LogP contribution in [0.2, 0.25) is 10.0 Å². The predicted octanol–water partition coefficient (Wildman–Crippen LogP) is 6.66. The topological polar surface area (TPSA) is 33.5 Å². The number of carbonyl (C=O) groups is 1. The van der Waals surface area contributed by atoms with Crippen molar-refractivity contribution in [2.45, 2.75) is 0 Å². The molecule has 1 aromatic heterocycles. The molecule has 1 fully saturated rings. The smallest absolute Gasteiger partial charge is 0.270 e. The van der Waals surface area contributed by atoms with Gasteiger partial charge in [0.25, 0.3) is 5.91 Å². The van der Waals surface area contributed by atoms with E-state index in [4.69, 9.17) is 39.8 Å². The van der Waals surface area contributed by atoms with Crippen molar-refractivity contribution >= 4 is 69.2 Å². The van der Waals surface area contributed by atoms with E-state index in [9.17, 15) is 4.79 Å². The van der Waals surface area contributed by atoms with Gasteiger partial charge in [-0.15, -0.1) is 0 Å². The standard InChI is InChI=1S/C20H11Cl2NO2S2/c21-12-4-3-5-13(10-12)23-19(24)18(27-20(23)26)11-14-8-9-17(25-14)15-6-1-2-7-16(15)22/h1-11H. The lowest BCUT2D eigenvalue weighted by Crippen LogP contribution is -2.27. The number of amides is 1. The lowest BCUT2D eigenvalue weighted by atomic mass is 10.2. The lowest BCUT2D eigenvalue weighted by molar-refractivity contribution is -0.113. The second kappa shape index (κ2) is 7.52. The molecule has 3 nitrogen and oxygen atoms in total. The maximum Gasteiger partial charge on any atom is 0.270 e. The number of furan rings is 1. The first-order chi connectivity index (χ1) is 13.0. The highest BCUT2D eigenvalue weighted by Crippen LogP contribution is 2.37. The van der Waals surface area contributed by atoms with Crippen LogP contribution in [0.1, 0.15) is 5.76 Å². The molecule has 0 unspecified atom stereocenters. The molecule has 0 atom stereocenters. The average Bonchev–Trinajstić information content (AvgIpc) is 3.20. The molecule has 1 aliphatic heterocycles.